The van der Waals surface area contributed by atoms with E-state index in [2.05, 4.69) is 9.80 Å². The van der Waals surface area contributed by atoms with Crippen LogP contribution < -0.4 is 0 Å². The molecule has 2 aliphatic rings. The Morgan fingerprint density at radius 3 is 2.53 bits per heavy atom. The molecule has 0 aromatic carbocycles. The van der Waals surface area contributed by atoms with Gasteiger partial charge in [-0.25, -0.2) is 0 Å². The number of hydrogen-bond acceptors (Lipinski definition) is 4. The normalized spacial score (nSPS) is 30.6. The zero-order valence-electron chi connectivity index (χ0n) is 12.4. The van der Waals surface area contributed by atoms with Gasteiger partial charge in [-0.15, -0.1) is 0 Å². The van der Waals surface area contributed by atoms with Crippen LogP contribution in [-0.2, 0) is 4.74 Å². The van der Waals surface area contributed by atoms with Gasteiger partial charge in [-0.3, -0.25) is 0 Å². The highest BCUT2D eigenvalue weighted by molar-refractivity contribution is 4.79. The molecule has 0 amide bonds. The minimum Gasteiger partial charge on any atom is -0.396 e. The van der Waals surface area contributed by atoms with Crippen LogP contribution in [0, 0.1) is 5.92 Å². The van der Waals surface area contributed by atoms with Gasteiger partial charge in [0.05, 0.1) is 6.10 Å². The van der Waals surface area contributed by atoms with Crippen LogP contribution in [0.15, 0.2) is 0 Å². The Morgan fingerprint density at radius 1 is 1.11 bits per heavy atom. The van der Waals surface area contributed by atoms with Gasteiger partial charge in [0, 0.05) is 53.0 Å². The van der Waals surface area contributed by atoms with E-state index < -0.39 is 0 Å². The number of aliphatic hydroxyl groups is 1. The maximum Gasteiger partial charge on any atom is 0.0574 e. The minimum atomic E-state index is 0.320. The molecule has 2 fully saturated rings. The van der Waals surface area contributed by atoms with E-state index in [-0.39, 0.29) is 0 Å². The van der Waals surface area contributed by atoms with Crippen molar-refractivity contribution >= 4 is 0 Å². The first kappa shape index (κ1) is 15.2. The molecule has 1 saturated heterocycles. The molecule has 2 unspecified atom stereocenters. The van der Waals surface area contributed by atoms with Crippen LogP contribution in [0.2, 0.25) is 0 Å². The fraction of sp³-hybridized carbons (Fsp3) is 1.00. The maximum atomic E-state index is 8.86. The van der Waals surface area contributed by atoms with E-state index in [1.165, 1.54) is 58.4 Å². The van der Waals surface area contributed by atoms with Crippen molar-refractivity contribution in [3.63, 3.8) is 0 Å². The summed E-state index contributed by atoms with van der Waals surface area (Å²) in [6.45, 7) is 7.36. The van der Waals surface area contributed by atoms with Gasteiger partial charge in [-0.1, -0.05) is 6.42 Å². The van der Waals surface area contributed by atoms with E-state index in [9.17, 15) is 0 Å². The molecule has 1 saturated carbocycles. The highest BCUT2D eigenvalue weighted by atomic mass is 16.5. The van der Waals surface area contributed by atoms with Crippen LogP contribution >= 0.6 is 0 Å². The summed E-state index contributed by atoms with van der Waals surface area (Å²) in [6, 6.07) is 0. The second-order valence-corrected chi connectivity index (χ2v) is 6.11. The quantitative estimate of drug-likeness (QED) is 0.786. The molecule has 4 nitrogen and oxygen atoms in total. The summed E-state index contributed by atoms with van der Waals surface area (Å²) in [5, 5.41) is 8.86. The zero-order chi connectivity index (χ0) is 13.5. The molecular formula is C15H30N2O2. The van der Waals surface area contributed by atoms with Crippen LogP contribution in [0.3, 0.4) is 0 Å². The first-order valence-electron chi connectivity index (χ1n) is 7.90. The molecule has 0 radical (unpaired) electrons. The van der Waals surface area contributed by atoms with E-state index in [1.54, 1.807) is 0 Å². The van der Waals surface area contributed by atoms with Crippen molar-refractivity contribution < 1.29 is 9.84 Å². The molecule has 1 aliphatic heterocycles. The third-order valence-electron chi connectivity index (χ3n) is 4.68. The molecule has 1 aliphatic carbocycles. The summed E-state index contributed by atoms with van der Waals surface area (Å²) in [7, 11) is 1.85. The number of nitrogens with zero attached hydrogens (tertiary/aromatic N) is 2. The molecule has 0 aromatic heterocycles. The zero-order valence-corrected chi connectivity index (χ0v) is 12.4. The molecule has 112 valence electrons. The van der Waals surface area contributed by atoms with E-state index >= 15 is 0 Å². The second-order valence-electron chi connectivity index (χ2n) is 6.11. The molecule has 2 atom stereocenters. The van der Waals surface area contributed by atoms with Gasteiger partial charge in [0.25, 0.3) is 0 Å². The first-order chi connectivity index (χ1) is 9.31. The summed E-state index contributed by atoms with van der Waals surface area (Å²) in [5.41, 5.74) is 0. The predicted molar refractivity (Wildman–Crippen MR) is 77.3 cm³/mol. The van der Waals surface area contributed by atoms with Crippen molar-refractivity contribution in [2.75, 3.05) is 53.0 Å². The molecule has 1 heterocycles. The fourth-order valence-corrected chi connectivity index (χ4v) is 3.48. The molecule has 4 heteroatoms. The van der Waals surface area contributed by atoms with Crippen molar-refractivity contribution in [3.05, 3.63) is 0 Å². The lowest BCUT2D eigenvalue weighted by atomic mass is 9.86. The average Bonchev–Trinajstić information content (AvgIpc) is 2.47. The number of hydrogen-bond donors (Lipinski definition) is 1. The van der Waals surface area contributed by atoms with Gasteiger partial charge < -0.3 is 19.6 Å². The van der Waals surface area contributed by atoms with Gasteiger partial charge >= 0.3 is 0 Å². The van der Waals surface area contributed by atoms with Crippen molar-refractivity contribution in [1.82, 2.24) is 9.80 Å². The summed E-state index contributed by atoms with van der Waals surface area (Å²) in [5.74, 6) is 0.836. The van der Waals surface area contributed by atoms with Gasteiger partial charge in [0.1, 0.15) is 0 Å². The molecule has 2 rings (SSSR count). The average molecular weight is 270 g/mol. The molecule has 0 bridgehead atoms. The Morgan fingerprint density at radius 2 is 1.84 bits per heavy atom. The number of aliphatic hydroxyl groups excluding tert-OH is 1. The second kappa shape index (κ2) is 8.20. The summed E-state index contributed by atoms with van der Waals surface area (Å²) < 4.78 is 5.52. The lowest BCUT2D eigenvalue weighted by molar-refractivity contribution is 0.0344. The Hall–Kier alpha value is -0.160. The Bertz CT molecular complexity index is 242. The highest BCUT2D eigenvalue weighted by Gasteiger charge is 2.25. The lowest BCUT2D eigenvalue weighted by Gasteiger charge is -2.38. The van der Waals surface area contributed by atoms with Gasteiger partial charge in [-0.2, -0.15) is 0 Å². The number of ether oxygens (including phenoxy) is 1. The van der Waals surface area contributed by atoms with E-state index in [4.69, 9.17) is 9.84 Å². The van der Waals surface area contributed by atoms with Gasteiger partial charge in [0.15, 0.2) is 0 Å². The van der Waals surface area contributed by atoms with E-state index in [0.29, 0.717) is 12.7 Å². The monoisotopic (exact) mass is 270 g/mol. The van der Waals surface area contributed by atoms with E-state index in [1.807, 2.05) is 7.11 Å². The van der Waals surface area contributed by atoms with Crippen LogP contribution in [0.5, 0.6) is 0 Å². The predicted octanol–water partition coefficient (Wildman–Crippen LogP) is 1.19. The number of piperazine rings is 1. The maximum absolute atomic E-state index is 8.86. The molecular weight excluding hydrogens is 240 g/mol. The SMILES string of the molecule is COC1CCCC(CN2CCN(CCCO)CC2)C1. The van der Waals surface area contributed by atoms with Gasteiger partial charge in [-0.05, 0) is 31.6 Å². The summed E-state index contributed by atoms with van der Waals surface area (Å²) in [6.07, 6.45) is 6.63. The topological polar surface area (TPSA) is 35.9 Å². The van der Waals surface area contributed by atoms with Gasteiger partial charge in [0.2, 0.25) is 0 Å². The molecule has 0 aromatic rings. The van der Waals surface area contributed by atoms with Crippen molar-refractivity contribution in [3.8, 4) is 0 Å². The van der Waals surface area contributed by atoms with E-state index in [0.717, 1.165) is 18.9 Å². The number of methoxy groups -OCH3 is 1. The van der Waals surface area contributed by atoms with Crippen molar-refractivity contribution in [1.29, 1.82) is 0 Å². The van der Waals surface area contributed by atoms with Crippen LogP contribution in [0.1, 0.15) is 32.1 Å². The summed E-state index contributed by atoms with van der Waals surface area (Å²) in [4.78, 5) is 5.10. The van der Waals surface area contributed by atoms with Crippen molar-refractivity contribution in [2.24, 2.45) is 5.92 Å². The minimum absolute atomic E-state index is 0.320. The van der Waals surface area contributed by atoms with Crippen LogP contribution in [0.25, 0.3) is 0 Å². The third-order valence-corrected chi connectivity index (χ3v) is 4.68. The Kier molecular flexibility index (Phi) is 6.57. The van der Waals surface area contributed by atoms with Crippen LogP contribution in [0.4, 0.5) is 0 Å². The highest BCUT2D eigenvalue weighted by Crippen LogP contribution is 2.26. The lowest BCUT2D eigenvalue weighted by Crippen LogP contribution is -2.48. The standard InChI is InChI=1S/C15H30N2O2/c1-19-15-5-2-4-14(12-15)13-17-9-7-16(8-10-17)6-3-11-18/h14-15,18H,2-13H2,1H3. The fourth-order valence-electron chi connectivity index (χ4n) is 3.48. The Balaban J connectivity index is 1.64. The van der Waals surface area contributed by atoms with Crippen molar-refractivity contribution in [2.45, 2.75) is 38.2 Å². The Labute approximate surface area is 117 Å². The number of rotatable bonds is 6. The molecule has 19 heavy (non-hydrogen) atoms. The summed E-state index contributed by atoms with van der Waals surface area (Å²) >= 11 is 0. The largest absolute Gasteiger partial charge is 0.396 e. The molecule has 0 spiro atoms. The molecule has 1 N–H and O–H groups in total. The van der Waals surface area contributed by atoms with Crippen LogP contribution in [-0.4, -0.2) is 74.0 Å². The first-order valence-corrected chi connectivity index (χ1v) is 7.90. The smallest absolute Gasteiger partial charge is 0.0574 e. The third kappa shape index (κ3) is 5.03.